The van der Waals surface area contributed by atoms with E-state index >= 15 is 0 Å². The second-order valence-electron chi connectivity index (χ2n) is 4.83. The molecule has 1 amide bonds. The number of aromatic nitrogens is 2. The van der Waals surface area contributed by atoms with E-state index in [1.165, 1.54) is 12.3 Å². The van der Waals surface area contributed by atoms with Gasteiger partial charge in [-0.05, 0) is 37.6 Å². The quantitative estimate of drug-likeness (QED) is 0.742. The van der Waals surface area contributed by atoms with Crippen molar-refractivity contribution in [3.8, 4) is 17.6 Å². The van der Waals surface area contributed by atoms with Gasteiger partial charge < -0.3 is 19.5 Å². The van der Waals surface area contributed by atoms with Crippen molar-refractivity contribution in [1.29, 1.82) is 0 Å². The summed E-state index contributed by atoms with van der Waals surface area (Å²) in [6.07, 6.45) is 4.58. The standard InChI is InChI=1S/C18H21N3O4/c1-4-24-17-15(12-19-18(21-17)25-5-2)20-16(22)11-8-13-6-9-14(23-3)10-7-13/h6-12H,4-5H2,1-3H3,(H,20,22)/b11-8+. The summed E-state index contributed by atoms with van der Waals surface area (Å²) in [6.45, 7) is 4.52. The molecule has 0 fully saturated rings. The van der Waals surface area contributed by atoms with E-state index in [-0.39, 0.29) is 17.8 Å². The van der Waals surface area contributed by atoms with Crippen molar-refractivity contribution in [1.82, 2.24) is 9.97 Å². The number of methoxy groups -OCH3 is 1. The lowest BCUT2D eigenvalue weighted by Gasteiger charge is -2.10. The number of ether oxygens (including phenoxy) is 3. The smallest absolute Gasteiger partial charge is 0.319 e. The molecule has 1 N–H and O–H groups in total. The van der Waals surface area contributed by atoms with Gasteiger partial charge in [-0.1, -0.05) is 12.1 Å². The summed E-state index contributed by atoms with van der Waals surface area (Å²) >= 11 is 0. The van der Waals surface area contributed by atoms with Gasteiger partial charge in [-0.15, -0.1) is 0 Å². The van der Waals surface area contributed by atoms with Crippen molar-refractivity contribution in [2.75, 3.05) is 25.6 Å². The number of hydrogen-bond donors (Lipinski definition) is 1. The maximum atomic E-state index is 12.1. The maximum absolute atomic E-state index is 12.1. The van der Waals surface area contributed by atoms with Crippen molar-refractivity contribution in [3.63, 3.8) is 0 Å². The van der Waals surface area contributed by atoms with Crippen LogP contribution in [0.3, 0.4) is 0 Å². The third kappa shape index (κ3) is 5.49. The molecule has 132 valence electrons. The Morgan fingerprint density at radius 3 is 2.52 bits per heavy atom. The monoisotopic (exact) mass is 343 g/mol. The highest BCUT2D eigenvalue weighted by Gasteiger charge is 2.11. The van der Waals surface area contributed by atoms with Crippen molar-refractivity contribution < 1.29 is 19.0 Å². The fourth-order valence-electron chi connectivity index (χ4n) is 1.94. The molecular weight excluding hydrogens is 322 g/mol. The number of carbonyl (C=O) groups excluding carboxylic acids is 1. The van der Waals surface area contributed by atoms with E-state index in [4.69, 9.17) is 14.2 Å². The highest BCUT2D eigenvalue weighted by Crippen LogP contribution is 2.23. The normalized spacial score (nSPS) is 10.5. The first-order valence-corrected chi connectivity index (χ1v) is 7.92. The fourth-order valence-corrected chi connectivity index (χ4v) is 1.94. The summed E-state index contributed by atoms with van der Waals surface area (Å²) < 4.78 is 15.8. The molecule has 0 radical (unpaired) electrons. The van der Waals surface area contributed by atoms with Gasteiger partial charge in [0, 0.05) is 6.08 Å². The van der Waals surface area contributed by atoms with Crippen LogP contribution in [0.4, 0.5) is 5.69 Å². The molecule has 1 heterocycles. The minimum atomic E-state index is -0.315. The molecule has 0 aliphatic rings. The Morgan fingerprint density at radius 2 is 1.88 bits per heavy atom. The Kier molecular flexibility index (Phi) is 6.76. The molecule has 0 atom stereocenters. The lowest BCUT2D eigenvalue weighted by atomic mass is 10.2. The summed E-state index contributed by atoms with van der Waals surface area (Å²) in [7, 11) is 1.60. The molecule has 1 aromatic heterocycles. The molecule has 0 saturated heterocycles. The minimum Gasteiger partial charge on any atom is -0.497 e. The first-order valence-electron chi connectivity index (χ1n) is 7.92. The number of amides is 1. The Balaban J connectivity index is 2.06. The average Bonchev–Trinajstić information content (AvgIpc) is 2.63. The van der Waals surface area contributed by atoms with Crippen LogP contribution >= 0.6 is 0 Å². The Morgan fingerprint density at radius 1 is 1.16 bits per heavy atom. The van der Waals surface area contributed by atoms with Gasteiger partial charge in [-0.2, -0.15) is 4.98 Å². The lowest BCUT2D eigenvalue weighted by Crippen LogP contribution is -2.11. The van der Waals surface area contributed by atoms with Gasteiger partial charge in [0.05, 0.1) is 26.5 Å². The van der Waals surface area contributed by atoms with Crippen LogP contribution in [0.5, 0.6) is 17.6 Å². The number of benzene rings is 1. The number of hydrogen-bond acceptors (Lipinski definition) is 6. The summed E-state index contributed by atoms with van der Waals surface area (Å²) in [5.41, 5.74) is 1.26. The minimum absolute atomic E-state index is 0.206. The van der Waals surface area contributed by atoms with Crippen molar-refractivity contribution in [3.05, 3.63) is 42.1 Å². The molecule has 2 rings (SSSR count). The molecule has 7 heteroatoms. The van der Waals surface area contributed by atoms with E-state index in [0.29, 0.717) is 18.9 Å². The van der Waals surface area contributed by atoms with Crippen molar-refractivity contribution in [2.45, 2.75) is 13.8 Å². The Labute approximate surface area is 146 Å². The second kappa shape index (κ2) is 9.27. The largest absolute Gasteiger partial charge is 0.497 e. The van der Waals surface area contributed by atoms with Crippen molar-refractivity contribution >= 4 is 17.7 Å². The first kappa shape index (κ1) is 18.3. The highest BCUT2D eigenvalue weighted by atomic mass is 16.5. The zero-order valence-corrected chi connectivity index (χ0v) is 14.5. The topological polar surface area (TPSA) is 82.6 Å². The summed E-state index contributed by atoms with van der Waals surface area (Å²) in [5, 5.41) is 2.70. The number of nitrogens with zero attached hydrogens (tertiary/aromatic N) is 2. The van der Waals surface area contributed by atoms with E-state index in [2.05, 4.69) is 15.3 Å². The van der Waals surface area contributed by atoms with Crippen LogP contribution in [-0.2, 0) is 4.79 Å². The molecule has 0 bridgehead atoms. The van der Waals surface area contributed by atoms with Crippen molar-refractivity contribution in [2.24, 2.45) is 0 Å². The Bertz CT molecular complexity index is 730. The molecule has 0 spiro atoms. The summed E-state index contributed by atoms with van der Waals surface area (Å²) in [4.78, 5) is 20.3. The summed E-state index contributed by atoms with van der Waals surface area (Å²) in [6, 6.07) is 7.57. The van der Waals surface area contributed by atoms with Crippen LogP contribution in [0.25, 0.3) is 6.08 Å². The van der Waals surface area contributed by atoms with Crippen LogP contribution in [0.2, 0.25) is 0 Å². The van der Waals surface area contributed by atoms with Gasteiger partial charge in [0.25, 0.3) is 0 Å². The zero-order valence-electron chi connectivity index (χ0n) is 14.5. The molecular formula is C18H21N3O4. The average molecular weight is 343 g/mol. The van der Waals surface area contributed by atoms with E-state index in [0.717, 1.165) is 11.3 Å². The molecule has 1 aromatic carbocycles. The third-order valence-electron chi connectivity index (χ3n) is 3.09. The maximum Gasteiger partial charge on any atom is 0.319 e. The predicted octanol–water partition coefficient (Wildman–Crippen LogP) is 2.93. The predicted molar refractivity (Wildman–Crippen MR) is 95.0 cm³/mol. The van der Waals surface area contributed by atoms with Gasteiger partial charge >= 0.3 is 6.01 Å². The molecule has 7 nitrogen and oxygen atoms in total. The van der Waals surface area contributed by atoms with E-state index in [1.54, 1.807) is 13.2 Å². The lowest BCUT2D eigenvalue weighted by molar-refractivity contribution is -0.111. The van der Waals surface area contributed by atoms with Crippen LogP contribution in [0.15, 0.2) is 36.5 Å². The zero-order chi connectivity index (χ0) is 18.1. The Hall–Kier alpha value is -3.09. The van der Waals surface area contributed by atoms with Crippen LogP contribution in [0, 0.1) is 0 Å². The first-order chi connectivity index (χ1) is 12.2. The molecule has 0 aliphatic heterocycles. The second-order valence-corrected chi connectivity index (χ2v) is 4.83. The molecule has 2 aromatic rings. The van der Waals surface area contributed by atoms with Gasteiger partial charge in [0.1, 0.15) is 11.4 Å². The molecule has 0 aliphatic carbocycles. The van der Waals surface area contributed by atoms with Crippen LogP contribution in [0.1, 0.15) is 19.4 Å². The van der Waals surface area contributed by atoms with Gasteiger partial charge in [-0.25, -0.2) is 4.98 Å². The van der Waals surface area contributed by atoms with Gasteiger partial charge in [-0.3, -0.25) is 4.79 Å². The third-order valence-corrected chi connectivity index (χ3v) is 3.09. The van der Waals surface area contributed by atoms with E-state index in [9.17, 15) is 4.79 Å². The SMILES string of the molecule is CCOc1ncc(NC(=O)/C=C/c2ccc(OC)cc2)c(OCC)n1. The number of carbonyl (C=O) groups is 1. The molecule has 0 saturated carbocycles. The van der Waals surface area contributed by atoms with Gasteiger partial charge in [0.15, 0.2) is 0 Å². The number of anilines is 1. The van der Waals surface area contributed by atoms with Crippen LogP contribution in [-0.4, -0.2) is 36.2 Å². The molecule has 25 heavy (non-hydrogen) atoms. The highest BCUT2D eigenvalue weighted by molar-refractivity contribution is 6.02. The van der Waals surface area contributed by atoms with Crippen LogP contribution < -0.4 is 19.5 Å². The number of rotatable bonds is 8. The van der Waals surface area contributed by atoms with E-state index < -0.39 is 0 Å². The summed E-state index contributed by atoms with van der Waals surface area (Å²) in [5.74, 6) is 0.714. The number of nitrogens with one attached hydrogen (secondary N) is 1. The van der Waals surface area contributed by atoms with E-state index in [1.807, 2.05) is 38.1 Å². The fraction of sp³-hybridized carbons (Fsp3) is 0.278. The van der Waals surface area contributed by atoms with Gasteiger partial charge in [0.2, 0.25) is 11.8 Å². The molecule has 0 unspecified atom stereocenters.